The Balaban J connectivity index is 1.95. The maximum absolute atomic E-state index is 14.5. The summed E-state index contributed by atoms with van der Waals surface area (Å²) < 4.78 is 52.7. The monoisotopic (exact) mass is 535 g/mol. The van der Waals surface area contributed by atoms with Gasteiger partial charge in [-0.15, -0.1) is 0 Å². The molecule has 1 aliphatic heterocycles. The molecule has 202 valence electrons. The van der Waals surface area contributed by atoms with Gasteiger partial charge in [-0.1, -0.05) is 25.1 Å². The van der Waals surface area contributed by atoms with E-state index in [1.807, 2.05) is 13.8 Å². The number of fused-ring (bicyclic) bond motifs is 1. The molecule has 0 aliphatic carbocycles. The first-order chi connectivity index (χ1) is 17.6. The second kappa shape index (κ2) is 12.3. The lowest BCUT2D eigenvalue weighted by Crippen LogP contribution is -2.52. The first-order valence-electron chi connectivity index (χ1n) is 12.3. The minimum Gasteiger partial charge on any atom is -0.486 e. The summed E-state index contributed by atoms with van der Waals surface area (Å²) in [5, 5.41) is 2.84. The molecule has 0 fully saturated rings. The molecule has 2 amide bonds. The van der Waals surface area contributed by atoms with Crippen LogP contribution in [0.1, 0.15) is 39.7 Å². The highest BCUT2D eigenvalue weighted by Crippen LogP contribution is 2.35. The zero-order chi connectivity index (χ0) is 27.2. The molecule has 0 saturated heterocycles. The van der Waals surface area contributed by atoms with Gasteiger partial charge in [-0.2, -0.15) is 0 Å². The summed E-state index contributed by atoms with van der Waals surface area (Å²) in [4.78, 5) is 27.8. The number of hydrogen-bond donors (Lipinski definition) is 1. The van der Waals surface area contributed by atoms with E-state index in [0.29, 0.717) is 31.1 Å². The van der Waals surface area contributed by atoms with E-state index in [1.54, 1.807) is 19.1 Å². The number of halogens is 1. The standard InChI is InChI=1S/C26H34FN3O6S/c1-5-18(3)28-26(32)19(4)29(16-20-9-7-8-10-22(20)27)25(31)17-30(37(33,34)6-2)21-11-12-23-24(15-21)36-14-13-35-23/h7-12,15,18-19H,5-6,13-14,16-17H2,1-4H3,(H,28,32)/t18-,19-/m1/s1. The van der Waals surface area contributed by atoms with Crippen LogP contribution in [0.15, 0.2) is 42.5 Å². The highest BCUT2D eigenvalue weighted by atomic mass is 32.2. The molecule has 0 bridgehead atoms. The fourth-order valence-corrected chi connectivity index (χ4v) is 4.82. The number of rotatable bonds is 11. The number of amides is 2. The summed E-state index contributed by atoms with van der Waals surface area (Å²) in [5.41, 5.74) is 0.435. The molecule has 0 spiro atoms. The average Bonchev–Trinajstić information content (AvgIpc) is 2.90. The molecule has 2 atom stereocenters. The lowest BCUT2D eigenvalue weighted by atomic mass is 10.1. The third-order valence-electron chi connectivity index (χ3n) is 6.26. The summed E-state index contributed by atoms with van der Waals surface area (Å²) >= 11 is 0. The van der Waals surface area contributed by atoms with Gasteiger partial charge in [-0.05, 0) is 45.4 Å². The molecule has 2 aromatic carbocycles. The van der Waals surface area contributed by atoms with Gasteiger partial charge in [0.15, 0.2) is 11.5 Å². The smallest absolute Gasteiger partial charge is 0.244 e. The van der Waals surface area contributed by atoms with E-state index in [9.17, 15) is 22.4 Å². The summed E-state index contributed by atoms with van der Waals surface area (Å²) in [7, 11) is -3.90. The van der Waals surface area contributed by atoms with Crippen LogP contribution in [0.25, 0.3) is 0 Å². The Morgan fingerprint density at radius 2 is 1.73 bits per heavy atom. The molecule has 37 heavy (non-hydrogen) atoms. The molecule has 1 heterocycles. The molecule has 2 aromatic rings. The second-order valence-electron chi connectivity index (χ2n) is 8.84. The van der Waals surface area contributed by atoms with Crippen LogP contribution in [0.4, 0.5) is 10.1 Å². The molecule has 0 saturated carbocycles. The van der Waals surface area contributed by atoms with Crippen molar-refractivity contribution in [1.82, 2.24) is 10.2 Å². The molecule has 1 aliphatic rings. The van der Waals surface area contributed by atoms with Crippen molar-refractivity contribution in [3.05, 3.63) is 53.8 Å². The maximum atomic E-state index is 14.5. The molecular formula is C26H34FN3O6S. The minimum absolute atomic E-state index is 0.130. The number of sulfonamides is 1. The summed E-state index contributed by atoms with van der Waals surface area (Å²) in [6.45, 7) is 6.68. The minimum atomic E-state index is -3.90. The van der Waals surface area contributed by atoms with Crippen molar-refractivity contribution < 1.29 is 31.9 Å². The summed E-state index contributed by atoms with van der Waals surface area (Å²) in [5.74, 6) is -1.000. The van der Waals surface area contributed by atoms with Gasteiger partial charge < -0.3 is 19.7 Å². The number of nitrogens with zero attached hydrogens (tertiary/aromatic N) is 2. The van der Waals surface area contributed by atoms with Crippen molar-refractivity contribution >= 4 is 27.5 Å². The molecule has 1 N–H and O–H groups in total. The summed E-state index contributed by atoms with van der Waals surface area (Å²) in [6, 6.07) is 9.48. The largest absolute Gasteiger partial charge is 0.486 e. The number of carbonyl (C=O) groups excluding carboxylic acids is 2. The number of hydrogen-bond acceptors (Lipinski definition) is 6. The molecule has 0 unspecified atom stereocenters. The summed E-state index contributed by atoms with van der Waals surface area (Å²) in [6.07, 6.45) is 0.687. The Labute approximate surface area is 217 Å². The number of benzene rings is 2. The van der Waals surface area contributed by atoms with Gasteiger partial charge >= 0.3 is 0 Å². The van der Waals surface area contributed by atoms with Crippen molar-refractivity contribution in [3.8, 4) is 11.5 Å². The van der Waals surface area contributed by atoms with E-state index < -0.39 is 40.2 Å². The first-order valence-corrected chi connectivity index (χ1v) is 13.9. The van der Waals surface area contributed by atoms with Crippen LogP contribution in [0.2, 0.25) is 0 Å². The second-order valence-corrected chi connectivity index (χ2v) is 11.0. The maximum Gasteiger partial charge on any atom is 0.244 e. The molecule has 11 heteroatoms. The van der Waals surface area contributed by atoms with Gasteiger partial charge in [-0.25, -0.2) is 12.8 Å². The molecular weight excluding hydrogens is 501 g/mol. The Morgan fingerprint density at radius 3 is 2.38 bits per heavy atom. The van der Waals surface area contributed by atoms with E-state index in [-0.39, 0.29) is 29.6 Å². The predicted molar refractivity (Wildman–Crippen MR) is 139 cm³/mol. The van der Waals surface area contributed by atoms with Crippen molar-refractivity contribution in [2.45, 2.75) is 52.7 Å². The van der Waals surface area contributed by atoms with Crippen LogP contribution in [0.5, 0.6) is 11.5 Å². The van der Waals surface area contributed by atoms with Gasteiger partial charge in [0.2, 0.25) is 21.8 Å². The first kappa shape index (κ1) is 28.2. The van der Waals surface area contributed by atoms with Gasteiger partial charge in [-0.3, -0.25) is 13.9 Å². The fraction of sp³-hybridized carbons (Fsp3) is 0.462. The average molecular weight is 536 g/mol. The zero-order valence-corrected chi connectivity index (χ0v) is 22.4. The van der Waals surface area contributed by atoms with Gasteiger partial charge in [0.1, 0.15) is 31.6 Å². The van der Waals surface area contributed by atoms with Crippen molar-refractivity contribution in [2.24, 2.45) is 0 Å². The fourth-order valence-electron chi connectivity index (χ4n) is 3.77. The number of nitrogens with one attached hydrogen (secondary N) is 1. The predicted octanol–water partition coefficient (Wildman–Crippen LogP) is 3.09. The van der Waals surface area contributed by atoms with Gasteiger partial charge in [0.05, 0.1) is 11.4 Å². The molecule has 3 rings (SSSR count). The lowest BCUT2D eigenvalue weighted by Gasteiger charge is -2.32. The van der Waals surface area contributed by atoms with E-state index in [2.05, 4.69) is 5.32 Å². The van der Waals surface area contributed by atoms with Gasteiger partial charge in [0.25, 0.3) is 0 Å². The van der Waals surface area contributed by atoms with Crippen LogP contribution < -0.4 is 19.1 Å². The highest BCUT2D eigenvalue weighted by molar-refractivity contribution is 7.92. The lowest BCUT2D eigenvalue weighted by molar-refractivity contribution is -0.139. The molecule has 0 radical (unpaired) electrons. The van der Waals surface area contributed by atoms with Crippen LogP contribution in [0, 0.1) is 5.82 Å². The Bertz CT molecular complexity index is 1220. The van der Waals surface area contributed by atoms with E-state index in [4.69, 9.17) is 9.47 Å². The Hall–Kier alpha value is -3.34. The Morgan fingerprint density at radius 1 is 1.05 bits per heavy atom. The van der Waals surface area contributed by atoms with Crippen molar-refractivity contribution in [1.29, 1.82) is 0 Å². The quantitative estimate of drug-likeness (QED) is 0.474. The van der Waals surface area contributed by atoms with Crippen LogP contribution in [0.3, 0.4) is 0 Å². The highest BCUT2D eigenvalue weighted by Gasteiger charge is 2.32. The van der Waals surface area contributed by atoms with Crippen LogP contribution in [-0.4, -0.2) is 62.7 Å². The topological polar surface area (TPSA) is 105 Å². The molecule has 9 nitrogen and oxygen atoms in total. The third kappa shape index (κ3) is 6.91. The van der Waals surface area contributed by atoms with E-state index in [1.165, 1.54) is 42.2 Å². The van der Waals surface area contributed by atoms with Gasteiger partial charge in [0, 0.05) is 24.2 Å². The Kier molecular flexibility index (Phi) is 9.36. The van der Waals surface area contributed by atoms with Crippen molar-refractivity contribution in [2.75, 3.05) is 29.8 Å². The number of anilines is 1. The van der Waals surface area contributed by atoms with E-state index >= 15 is 0 Å². The zero-order valence-electron chi connectivity index (χ0n) is 21.6. The third-order valence-corrected chi connectivity index (χ3v) is 8.00. The normalized spacial score (nSPS) is 14.4. The number of carbonyl (C=O) groups is 2. The van der Waals surface area contributed by atoms with E-state index in [0.717, 1.165) is 4.31 Å². The number of ether oxygens (including phenoxy) is 2. The molecule has 0 aromatic heterocycles. The van der Waals surface area contributed by atoms with Crippen LogP contribution >= 0.6 is 0 Å². The SMILES string of the molecule is CC[C@@H](C)NC(=O)[C@@H](C)N(Cc1ccccc1F)C(=O)CN(c1ccc2c(c1)OCCO2)S(=O)(=O)CC. The van der Waals surface area contributed by atoms with Crippen LogP contribution in [-0.2, 0) is 26.2 Å². The van der Waals surface area contributed by atoms with Crippen molar-refractivity contribution in [3.63, 3.8) is 0 Å².